The van der Waals surface area contributed by atoms with Crippen molar-refractivity contribution in [2.75, 3.05) is 6.54 Å². The van der Waals surface area contributed by atoms with Crippen LogP contribution in [-0.2, 0) is 9.59 Å². The van der Waals surface area contributed by atoms with Crippen LogP contribution in [0.15, 0.2) is 0 Å². The molecule has 2 amide bonds. The van der Waals surface area contributed by atoms with Crippen molar-refractivity contribution in [1.82, 2.24) is 10.2 Å². The van der Waals surface area contributed by atoms with Gasteiger partial charge in [0, 0.05) is 5.54 Å². The molecule has 4 saturated carbocycles. The van der Waals surface area contributed by atoms with Crippen LogP contribution in [0.5, 0.6) is 0 Å². The highest BCUT2D eigenvalue weighted by Gasteiger charge is 2.57. The number of carbonyl (C=O) groups is 2. The lowest BCUT2D eigenvalue weighted by Gasteiger charge is -2.61. The minimum Gasteiger partial charge on any atom is -0.341 e. The molecule has 4 nitrogen and oxygen atoms in total. The first kappa shape index (κ1) is 12.7. The predicted molar refractivity (Wildman–Crippen MR) is 74.8 cm³/mol. The number of rotatable bonds is 1. The Morgan fingerprint density at radius 2 is 1.50 bits per heavy atom. The zero-order valence-corrected chi connectivity index (χ0v) is 12.4. The summed E-state index contributed by atoms with van der Waals surface area (Å²) in [6.07, 6.45) is 7.47. The topological polar surface area (TPSA) is 49.4 Å². The molecular weight excluding hydrogens is 252 g/mol. The van der Waals surface area contributed by atoms with Gasteiger partial charge in [0.25, 0.3) is 0 Å². The first-order valence-corrected chi connectivity index (χ1v) is 8.01. The number of carbonyl (C=O) groups excluding carboxylic acids is 2. The Kier molecular flexibility index (Phi) is 2.39. The number of piperazine rings is 1. The zero-order chi connectivity index (χ0) is 14.1. The van der Waals surface area contributed by atoms with Gasteiger partial charge in [-0.15, -0.1) is 0 Å². The Morgan fingerprint density at radius 3 is 2.00 bits per heavy atom. The minimum atomic E-state index is -0.737. The van der Waals surface area contributed by atoms with Crippen molar-refractivity contribution in [2.45, 2.75) is 63.5 Å². The third kappa shape index (κ3) is 1.66. The Morgan fingerprint density at radius 1 is 1.00 bits per heavy atom. The summed E-state index contributed by atoms with van der Waals surface area (Å²) in [7, 11) is 0. The van der Waals surface area contributed by atoms with E-state index in [1.54, 1.807) is 0 Å². The number of nitrogens with zero attached hydrogens (tertiary/aromatic N) is 1. The molecule has 0 aromatic carbocycles. The molecule has 4 heteroatoms. The summed E-state index contributed by atoms with van der Waals surface area (Å²) >= 11 is 0. The fraction of sp³-hybridized carbons (Fsp3) is 0.875. The van der Waals surface area contributed by atoms with Gasteiger partial charge in [0.2, 0.25) is 11.8 Å². The van der Waals surface area contributed by atoms with Crippen LogP contribution in [0.1, 0.15) is 52.4 Å². The van der Waals surface area contributed by atoms with Gasteiger partial charge in [0.1, 0.15) is 12.1 Å². The molecule has 0 spiro atoms. The summed E-state index contributed by atoms with van der Waals surface area (Å²) in [6.45, 7) is 3.94. The van der Waals surface area contributed by atoms with Gasteiger partial charge in [-0.2, -0.15) is 0 Å². The van der Waals surface area contributed by atoms with Crippen LogP contribution in [0.25, 0.3) is 0 Å². The highest BCUT2D eigenvalue weighted by atomic mass is 16.2. The SMILES string of the molecule is CC1(C)NC(=O)CN(C23CC4CC(CC(C4)C2)C3)C1=O. The molecule has 5 aliphatic rings. The number of hydrogen-bond donors (Lipinski definition) is 1. The Hall–Kier alpha value is -1.06. The van der Waals surface area contributed by atoms with Crippen LogP contribution >= 0.6 is 0 Å². The minimum absolute atomic E-state index is 0.000856. The van der Waals surface area contributed by atoms with Crippen molar-refractivity contribution in [2.24, 2.45) is 17.8 Å². The second kappa shape index (κ2) is 3.77. The maximum Gasteiger partial charge on any atom is 0.248 e. The van der Waals surface area contributed by atoms with Gasteiger partial charge in [-0.3, -0.25) is 9.59 Å². The van der Waals surface area contributed by atoms with Crippen LogP contribution in [0.3, 0.4) is 0 Å². The third-order valence-electron chi connectivity index (χ3n) is 6.11. The van der Waals surface area contributed by atoms with Crippen LogP contribution in [0.4, 0.5) is 0 Å². The number of amides is 2. The molecule has 0 radical (unpaired) electrons. The monoisotopic (exact) mass is 276 g/mol. The van der Waals surface area contributed by atoms with E-state index in [-0.39, 0.29) is 23.9 Å². The molecule has 1 heterocycles. The molecule has 5 rings (SSSR count). The lowest BCUT2D eigenvalue weighted by Crippen LogP contribution is -2.71. The van der Waals surface area contributed by atoms with E-state index >= 15 is 0 Å². The second-order valence-corrected chi connectivity index (χ2v) is 8.21. The van der Waals surface area contributed by atoms with Crippen LogP contribution < -0.4 is 5.32 Å². The van der Waals surface area contributed by atoms with Crippen molar-refractivity contribution in [3.8, 4) is 0 Å². The fourth-order valence-electron chi connectivity index (χ4n) is 5.77. The molecule has 1 N–H and O–H groups in total. The quantitative estimate of drug-likeness (QED) is 0.792. The number of nitrogens with one attached hydrogen (secondary N) is 1. The van der Waals surface area contributed by atoms with Gasteiger partial charge in [0.05, 0.1) is 0 Å². The summed E-state index contributed by atoms with van der Waals surface area (Å²) < 4.78 is 0. The summed E-state index contributed by atoms with van der Waals surface area (Å²) in [5, 5.41) is 2.84. The zero-order valence-electron chi connectivity index (χ0n) is 12.4. The van der Waals surface area contributed by atoms with E-state index in [9.17, 15) is 9.59 Å². The molecule has 1 aliphatic heterocycles. The average Bonchev–Trinajstić information content (AvgIpc) is 2.31. The summed E-state index contributed by atoms with van der Waals surface area (Å²) in [5.41, 5.74) is -0.737. The van der Waals surface area contributed by atoms with Gasteiger partial charge < -0.3 is 10.2 Å². The van der Waals surface area contributed by atoms with E-state index in [2.05, 4.69) is 5.32 Å². The van der Waals surface area contributed by atoms with Crippen molar-refractivity contribution >= 4 is 11.8 Å². The van der Waals surface area contributed by atoms with Crippen LogP contribution in [-0.4, -0.2) is 34.3 Å². The van der Waals surface area contributed by atoms with Crippen LogP contribution in [0, 0.1) is 17.8 Å². The van der Waals surface area contributed by atoms with Gasteiger partial charge >= 0.3 is 0 Å². The molecule has 0 unspecified atom stereocenters. The maximum atomic E-state index is 12.8. The van der Waals surface area contributed by atoms with E-state index in [4.69, 9.17) is 0 Å². The first-order valence-electron chi connectivity index (χ1n) is 8.01. The molecule has 0 atom stereocenters. The smallest absolute Gasteiger partial charge is 0.248 e. The molecule has 110 valence electrons. The highest BCUT2D eigenvalue weighted by molar-refractivity contribution is 5.97. The van der Waals surface area contributed by atoms with E-state index in [1.807, 2.05) is 18.7 Å². The molecule has 0 aromatic heterocycles. The number of hydrogen-bond acceptors (Lipinski definition) is 2. The maximum absolute atomic E-state index is 12.8. The highest BCUT2D eigenvalue weighted by Crippen LogP contribution is 2.58. The lowest BCUT2D eigenvalue weighted by atomic mass is 9.52. The van der Waals surface area contributed by atoms with Crippen molar-refractivity contribution < 1.29 is 9.59 Å². The predicted octanol–water partition coefficient (Wildman–Crippen LogP) is 1.69. The molecule has 4 aliphatic carbocycles. The van der Waals surface area contributed by atoms with Crippen LogP contribution in [0.2, 0.25) is 0 Å². The normalized spacial score (nSPS) is 45.7. The summed E-state index contributed by atoms with van der Waals surface area (Å²) in [4.78, 5) is 26.8. The fourth-order valence-corrected chi connectivity index (χ4v) is 5.77. The molecule has 0 aromatic rings. The van der Waals surface area contributed by atoms with E-state index in [1.165, 1.54) is 19.3 Å². The molecule has 4 bridgehead atoms. The van der Waals surface area contributed by atoms with Gasteiger partial charge in [-0.1, -0.05) is 0 Å². The molecule has 20 heavy (non-hydrogen) atoms. The van der Waals surface area contributed by atoms with Gasteiger partial charge in [0.15, 0.2) is 0 Å². The Labute approximate surface area is 120 Å². The first-order chi connectivity index (χ1) is 9.38. The van der Waals surface area contributed by atoms with Crippen molar-refractivity contribution in [3.05, 3.63) is 0 Å². The lowest BCUT2D eigenvalue weighted by molar-refractivity contribution is -0.166. The molecule has 1 saturated heterocycles. The standard InChI is InChI=1S/C16H24N2O2/c1-15(2)14(20)18(9-13(19)17-15)16-6-10-3-11(7-16)5-12(4-10)8-16/h10-12H,3-9H2,1-2H3,(H,17,19). The van der Waals surface area contributed by atoms with Gasteiger partial charge in [-0.25, -0.2) is 0 Å². The van der Waals surface area contributed by atoms with Crippen molar-refractivity contribution in [1.29, 1.82) is 0 Å². The Bertz CT molecular complexity index is 448. The summed E-state index contributed by atoms with van der Waals surface area (Å²) in [5.74, 6) is 2.51. The van der Waals surface area contributed by atoms with Crippen molar-refractivity contribution in [3.63, 3.8) is 0 Å². The van der Waals surface area contributed by atoms with Gasteiger partial charge in [-0.05, 0) is 70.1 Å². The largest absolute Gasteiger partial charge is 0.341 e. The van der Waals surface area contributed by atoms with E-state index in [0.29, 0.717) is 0 Å². The Balaban J connectivity index is 1.69. The average molecular weight is 276 g/mol. The molecular formula is C16H24N2O2. The van der Waals surface area contributed by atoms with E-state index in [0.717, 1.165) is 37.0 Å². The summed E-state index contributed by atoms with van der Waals surface area (Å²) in [6, 6.07) is 0. The molecule has 5 fully saturated rings. The van der Waals surface area contributed by atoms with E-state index < -0.39 is 5.54 Å². The second-order valence-electron chi connectivity index (χ2n) is 8.21. The third-order valence-corrected chi connectivity index (χ3v) is 6.11.